The van der Waals surface area contributed by atoms with E-state index in [1.165, 1.54) is 22.3 Å². The first kappa shape index (κ1) is 16.7. The van der Waals surface area contributed by atoms with Crippen molar-refractivity contribution < 1.29 is 13.2 Å². The van der Waals surface area contributed by atoms with E-state index in [1.807, 2.05) is 0 Å². The van der Waals surface area contributed by atoms with E-state index in [4.69, 9.17) is 0 Å². The molecule has 0 spiro atoms. The highest BCUT2D eigenvalue weighted by Crippen LogP contribution is 2.29. The Hall–Kier alpha value is -2.10. The van der Waals surface area contributed by atoms with Gasteiger partial charge in [0.1, 0.15) is 0 Å². The molecule has 0 saturated carbocycles. The Kier molecular flexibility index (Phi) is 4.48. The Morgan fingerprint density at radius 2 is 1.62 bits per heavy atom. The maximum Gasteiger partial charge on any atom is 0.416 e. The molecule has 1 heterocycles. The van der Waals surface area contributed by atoms with Gasteiger partial charge in [-0.05, 0) is 79.1 Å². The lowest BCUT2D eigenvalue weighted by Gasteiger charge is -2.19. The third kappa shape index (κ3) is 3.53. The van der Waals surface area contributed by atoms with Gasteiger partial charge in [-0.1, -0.05) is 18.2 Å². The predicted octanol–water partition coefficient (Wildman–Crippen LogP) is 5.30. The van der Waals surface area contributed by atoms with Crippen LogP contribution < -0.4 is 0 Å². The van der Waals surface area contributed by atoms with Crippen molar-refractivity contribution in [2.75, 3.05) is 6.54 Å². The largest absolute Gasteiger partial charge is 0.416 e. The van der Waals surface area contributed by atoms with Crippen molar-refractivity contribution in [1.82, 2.24) is 0 Å². The SMILES string of the molecule is Cc1cc2c(cc1C)C(CCc1ccc(C(F)(F)F)cc1)=NCC2. The second-order valence-electron chi connectivity index (χ2n) is 6.37. The van der Waals surface area contributed by atoms with Crippen molar-refractivity contribution in [3.63, 3.8) is 0 Å². The number of nitrogens with zero attached hydrogens (tertiary/aromatic N) is 1. The number of hydrogen-bond acceptors (Lipinski definition) is 1. The van der Waals surface area contributed by atoms with Crippen LogP contribution in [0.15, 0.2) is 41.4 Å². The number of fused-ring (bicyclic) bond motifs is 1. The fraction of sp³-hybridized carbons (Fsp3) is 0.350. The van der Waals surface area contributed by atoms with E-state index >= 15 is 0 Å². The summed E-state index contributed by atoms with van der Waals surface area (Å²) in [5.41, 5.74) is 6.45. The number of benzene rings is 2. The van der Waals surface area contributed by atoms with Crippen LogP contribution in [0.2, 0.25) is 0 Å². The second kappa shape index (κ2) is 6.42. The molecule has 126 valence electrons. The standard InChI is InChI=1S/C20H20F3N/c1-13-11-16-9-10-24-19(18(16)12-14(13)2)8-5-15-3-6-17(7-4-15)20(21,22)23/h3-4,6-7,11-12H,5,8-10H2,1-2H3. The number of hydrogen-bond donors (Lipinski definition) is 0. The fourth-order valence-corrected chi connectivity index (χ4v) is 3.08. The third-order valence-corrected chi connectivity index (χ3v) is 4.65. The van der Waals surface area contributed by atoms with Gasteiger partial charge in [0.15, 0.2) is 0 Å². The molecular formula is C20H20F3N. The van der Waals surface area contributed by atoms with E-state index in [9.17, 15) is 13.2 Å². The third-order valence-electron chi connectivity index (χ3n) is 4.65. The van der Waals surface area contributed by atoms with Crippen LogP contribution in [0.4, 0.5) is 13.2 Å². The molecule has 0 aromatic heterocycles. The molecule has 2 aromatic rings. The van der Waals surface area contributed by atoms with Crippen molar-refractivity contribution in [3.05, 3.63) is 69.8 Å². The number of rotatable bonds is 3. The van der Waals surface area contributed by atoms with Gasteiger partial charge in [0.2, 0.25) is 0 Å². The first-order chi connectivity index (χ1) is 11.3. The molecule has 0 radical (unpaired) electrons. The van der Waals surface area contributed by atoms with E-state index in [2.05, 4.69) is 31.0 Å². The van der Waals surface area contributed by atoms with Crippen LogP contribution in [0.25, 0.3) is 0 Å². The molecule has 1 aliphatic heterocycles. The second-order valence-corrected chi connectivity index (χ2v) is 6.37. The molecule has 0 bridgehead atoms. The normalized spacial score (nSPS) is 14.3. The summed E-state index contributed by atoms with van der Waals surface area (Å²) in [5.74, 6) is 0. The van der Waals surface area contributed by atoms with Gasteiger partial charge in [0, 0.05) is 12.3 Å². The minimum atomic E-state index is -4.28. The van der Waals surface area contributed by atoms with Gasteiger partial charge >= 0.3 is 6.18 Å². The van der Waals surface area contributed by atoms with Crippen molar-refractivity contribution in [1.29, 1.82) is 0 Å². The fourth-order valence-electron chi connectivity index (χ4n) is 3.08. The van der Waals surface area contributed by atoms with Crippen LogP contribution in [-0.2, 0) is 19.0 Å². The van der Waals surface area contributed by atoms with E-state index in [-0.39, 0.29) is 0 Å². The summed E-state index contributed by atoms with van der Waals surface area (Å²) in [6.07, 6.45) is -1.87. The molecule has 0 fully saturated rings. The smallest absolute Gasteiger partial charge is 0.289 e. The van der Waals surface area contributed by atoms with Crippen molar-refractivity contribution in [2.45, 2.75) is 39.3 Å². The van der Waals surface area contributed by atoms with Crippen LogP contribution in [0.1, 0.15) is 39.8 Å². The van der Waals surface area contributed by atoms with Crippen LogP contribution in [0.5, 0.6) is 0 Å². The molecule has 0 N–H and O–H groups in total. The molecular weight excluding hydrogens is 311 g/mol. The molecule has 0 atom stereocenters. The zero-order valence-corrected chi connectivity index (χ0v) is 13.9. The van der Waals surface area contributed by atoms with Gasteiger partial charge in [-0.3, -0.25) is 4.99 Å². The first-order valence-electron chi connectivity index (χ1n) is 8.14. The minimum absolute atomic E-state index is 0.599. The zero-order chi connectivity index (χ0) is 17.3. The molecule has 24 heavy (non-hydrogen) atoms. The molecule has 0 aliphatic carbocycles. The first-order valence-corrected chi connectivity index (χ1v) is 8.14. The van der Waals surface area contributed by atoms with Crippen molar-refractivity contribution in [2.24, 2.45) is 4.99 Å². The summed E-state index contributed by atoms with van der Waals surface area (Å²) in [4.78, 5) is 4.65. The molecule has 4 heteroatoms. The summed E-state index contributed by atoms with van der Waals surface area (Å²) >= 11 is 0. The van der Waals surface area contributed by atoms with Crippen molar-refractivity contribution in [3.8, 4) is 0 Å². The predicted molar refractivity (Wildman–Crippen MR) is 90.8 cm³/mol. The van der Waals surface area contributed by atoms with Gasteiger partial charge in [-0.25, -0.2) is 0 Å². The summed E-state index contributed by atoms with van der Waals surface area (Å²) < 4.78 is 37.8. The Bertz CT molecular complexity index is 771. The Labute approximate surface area is 140 Å². The number of halogens is 3. The molecule has 1 aliphatic rings. The number of aryl methyl sites for hydroxylation is 3. The van der Waals surface area contributed by atoms with E-state index in [1.54, 1.807) is 12.1 Å². The molecule has 3 rings (SSSR count). The zero-order valence-electron chi connectivity index (χ0n) is 13.9. The van der Waals surface area contributed by atoms with Crippen LogP contribution in [-0.4, -0.2) is 12.3 Å². The molecule has 2 aromatic carbocycles. The number of alkyl halides is 3. The highest BCUT2D eigenvalue weighted by Gasteiger charge is 2.29. The van der Waals surface area contributed by atoms with E-state index in [0.717, 1.165) is 42.8 Å². The lowest BCUT2D eigenvalue weighted by Crippen LogP contribution is -2.14. The average molecular weight is 331 g/mol. The quantitative estimate of drug-likeness (QED) is 0.724. The minimum Gasteiger partial charge on any atom is -0.289 e. The maximum absolute atomic E-state index is 12.6. The topological polar surface area (TPSA) is 12.4 Å². The van der Waals surface area contributed by atoms with E-state index < -0.39 is 11.7 Å². The maximum atomic E-state index is 12.6. The van der Waals surface area contributed by atoms with Crippen LogP contribution in [0, 0.1) is 13.8 Å². The molecule has 0 amide bonds. The highest BCUT2D eigenvalue weighted by molar-refractivity contribution is 6.02. The molecule has 0 unspecified atom stereocenters. The van der Waals surface area contributed by atoms with Gasteiger partial charge in [0.25, 0.3) is 0 Å². The van der Waals surface area contributed by atoms with E-state index in [0.29, 0.717) is 6.42 Å². The molecule has 0 saturated heterocycles. The number of aliphatic imine (C=N–C) groups is 1. The summed E-state index contributed by atoms with van der Waals surface area (Å²) in [6.45, 7) is 5.00. The summed E-state index contributed by atoms with van der Waals surface area (Å²) in [5, 5.41) is 0. The summed E-state index contributed by atoms with van der Waals surface area (Å²) in [6, 6.07) is 9.85. The lowest BCUT2D eigenvalue weighted by molar-refractivity contribution is -0.137. The van der Waals surface area contributed by atoms with Crippen LogP contribution in [0.3, 0.4) is 0 Å². The molecule has 1 nitrogen and oxygen atoms in total. The summed E-state index contributed by atoms with van der Waals surface area (Å²) in [7, 11) is 0. The van der Waals surface area contributed by atoms with Gasteiger partial charge < -0.3 is 0 Å². The Morgan fingerprint density at radius 1 is 0.958 bits per heavy atom. The highest BCUT2D eigenvalue weighted by atomic mass is 19.4. The van der Waals surface area contributed by atoms with Gasteiger partial charge in [-0.15, -0.1) is 0 Å². The van der Waals surface area contributed by atoms with Crippen molar-refractivity contribution >= 4 is 5.71 Å². The van der Waals surface area contributed by atoms with Gasteiger partial charge in [-0.2, -0.15) is 13.2 Å². The Balaban J connectivity index is 1.74. The Morgan fingerprint density at radius 3 is 2.29 bits per heavy atom. The van der Waals surface area contributed by atoms with Crippen LogP contribution >= 0.6 is 0 Å². The van der Waals surface area contributed by atoms with Gasteiger partial charge in [0.05, 0.1) is 5.56 Å². The monoisotopic (exact) mass is 331 g/mol. The average Bonchev–Trinajstić information content (AvgIpc) is 2.54. The lowest BCUT2D eigenvalue weighted by atomic mass is 9.90.